The molecular weight excluding hydrogens is 258 g/mol. The quantitative estimate of drug-likeness (QED) is 0.869. The van der Waals surface area contributed by atoms with E-state index in [1.807, 2.05) is 25.1 Å². The maximum absolute atomic E-state index is 12.4. The Hall–Kier alpha value is -1.88. The van der Waals surface area contributed by atoms with Crippen molar-refractivity contribution < 1.29 is 19.4 Å². The number of para-hydroxylation sites is 1. The number of fused-ring (bicyclic) bond motifs is 2. The number of hydrogen-bond donors (Lipinski definition) is 1. The van der Waals surface area contributed by atoms with Crippen LogP contribution < -0.4 is 10.4 Å². The van der Waals surface area contributed by atoms with E-state index in [-0.39, 0.29) is 18.1 Å². The molecule has 0 spiro atoms. The summed E-state index contributed by atoms with van der Waals surface area (Å²) in [4.78, 5) is 23.6. The summed E-state index contributed by atoms with van der Waals surface area (Å²) in [6.07, 6.45) is 0.752. The van der Waals surface area contributed by atoms with E-state index < -0.39 is 17.8 Å². The summed E-state index contributed by atoms with van der Waals surface area (Å²) >= 11 is 0. The zero-order valence-corrected chi connectivity index (χ0v) is 11.2. The summed E-state index contributed by atoms with van der Waals surface area (Å²) in [5, 5.41) is 14.1. The Bertz CT molecular complexity index is 557. The summed E-state index contributed by atoms with van der Waals surface area (Å²) in [6.45, 7) is 1.89. The standard InChI is InChI=1S/C15H17NO4/c1-8-4-2-3-5-9(8)16-14(17)12-10-6-7-11(20-10)13(12)15(18)19/h2-5,10-13H,6-7H2,1H3,(H,16,17)(H,18,19)/p-1/t10-,11+,12+,13+/m1/s1. The van der Waals surface area contributed by atoms with Crippen molar-refractivity contribution in [2.24, 2.45) is 11.8 Å². The molecule has 2 fully saturated rings. The molecule has 2 heterocycles. The van der Waals surface area contributed by atoms with Crippen molar-refractivity contribution in [3.63, 3.8) is 0 Å². The molecule has 2 aliphatic rings. The molecule has 2 bridgehead atoms. The van der Waals surface area contributed by atoms with Gasteiger partial charge in [-0.2, -0.15) is 0 Å². The highest BCUT2D eigenvalue weighted by atomic mass is 16.5. The number of carbonyl (C=O) groups excluding carboxylic acids is 2. The highest BCUT2D eigenvalue weighted by Gasteiger charge is 2.52. The van der Waals surface area contributed by atoms with E-state index in [9.17, 15) is 14.7 Å². The number of carboxylic acid groups (broad SMARTS) is 1. The minimum absolute atomic E-state index is 0.291. The Morgan fingerprint density at radius 1 is 1.20 bits per heavy atom. The first-order valence-electron chi connectivity index (χ1n) is 6.80. The minimum Gasteiger partial charge on any atom is -0.550 e. The highest BCUT2D eigenvalue weighted by molar-refractivity contribution is 5.96. The van der Waals surface area contributed by atoms with Gasteiger partial charge in [0.25, 0.3) is 0 Å². The van der Waals surface area contributed by atoms with Gasteiger partial charge in [-0.05, 0) is 31.4 Å². The van der Waals surface area contributed by atoms with Gasteiger partial charge in [0.1, 0.15) is 0 Å². The van der Waals surface area contributed by atoms with Crippen LogP contribution >= 0.6 is 0 Å². The molecule has 1 N–H and O–H groups in total. The molecule has 3 rings (SSSR count). The van der Waals surface area contributed by atoms with Gasteiger partial charge in [-0.15, -0.1) is 0 Å². The summed E-state index contributed by atoms with van der Waals surface area (Å²) < 4.78 is 5.57. The largest absolute Gasteiger partial charge is 0.550 e. The van der Waals surface area contributed by atoms with Crippen molar-refractivity contribution >= 4 is 17.6 Å². The second-order valence-electron chi connectivity index (χ2n) is 5.47. The second-order valence-corrected chi connectivity index (χ2v) is 5.47. The molecule has 0 aromatic heterocycles. The second kappa shape index (κ2) is 4.90. The molecule has 106 valence electrons. The van der Waals surface area contributed by atoms with E-state index in [0.717, 1.165) is 12.0 Å². The number of amides is 1. The molecule has 4 atom stereocenters. The molecule has 0 aliphatic carbocycles. The fourth-order valence-corrected chi connectivity index (χ4v) is 3.24. The topological polar surface area (TPSA) is 78.5 Å². The molecule has 0 unspecified atom stereocenters. The number of aryl methyl sites for hydroxylation is 1. The first kappa shape index (κ1) is 13.1. The lowest BCUT2D eigenvalue weighted by atomic mass is 9.78. The number of carbonyl (C=O) groups is 2. The summed E-state index contributed by atoms with van der Waals surface area (Å²) in [6, 6.07) is 7.41. The Labute approximate surface area is 116 Å². The number of benzene rings is 1. The highest BCUT2D eigenvalue weighted by Crippen LogP contribution is 2.43. The van der Waals surface area contributed by atoms with E-state index in [2.05, 4.69) is 5.32 Å². The van der Waals surface area contributed by atoms with Crippen molar-refractivity contribution in [2.75, 3.05) is 5.32 Å². The van der Waals surface area contributed by atoms with Crippen LogP contribution in [0, 0.1) is 18.8 Å². The van der Waals surface area contributed by atoms with Gasteiger partial charge in [0, 0.05) is 17.6 Å². The fraction of sp³-hybridized carbons (Fsp3) is 0.467. The Balaban J connectivity index is 1.80. The van der Waals surface area contributed by atoms with Gasteiger partial charge >= 0.3 is 0 Å². The molecule has 0 radical (unpaired) electrons. The number of hydrogen-bond acceptors (Lipinski definition) is 4. The summed E-state index contributed by atoms with van der Waals surface area (Å²) in [5.74, 6) is -2.97. The predicted molar refractivity (Wildman–Crippen MR) is 69.7 cm³/mol. The molecule has 1 aromatic rings. The fourth-order valence-electron chi connectivity index (χ4n) is 3.24. The van der Waals surface area contributed by atoms with Crippen LogP contribution in [0.15, 0.2) is 24.3 Å². The normalized spacial score (nSPS) is 31.2. The maximum Gasteiger partial charge on any atom is 0.230 e. The summed E-state index contributed by atoms with van der Waals surface area (Å²) in [7, 11) is 0. The van der Waals surface area contributed by atoms with E-state index in [1.165, 1.54) is 0 Å². The van der Waals surface area contributed by atoms with Gasteiger partial charge in [0.05, 0.1) is 18.1 Å². The Morgan fingerprint density at radius 2 is 1.85 bits per heavy atom. The number of anilines is 1. The van der Waals surface area contributed by atoms with Crippen LogP contribution in [0.3, 0.4) is 0 Å². The van der Waals surface area contributed by atoms with Crippen LogP contribution in [0.25, 0.3) is 0 Å². The van der Waals surface area contributed by atoms with E-state index in [1.54, 1.807) is 6.07 Å². The first-order valence-corrected chi connectivity index (χ1v) is 6.80. The number of aliphatic carboxylic acids is 1. The van der Waals surface area contributed by atoms with Crippen molar-refractivity contribution in [3.05, 3.63) is 29.8 Å². The first-order chi connectivity index (χ1) is 9.58. The van der Waals surface area contributed by atoms with Crippen LogP contribution in [0.5, 0.6) is 0 Å². The molecular formula is C15H16NO4-. The molecule has 1 amide bonds. The number of carboxylic acids is 1. The lowest BCUT2D eigenvalue weighted by Crippen LogP contribution is -2.46. The molecule has 0 saturated carbocycles. The maximum atomic E-state index is 12.4. The van der Waals surface area contributed by atoms with Crippen molar-refractivity contribution in [2.45, 2.75) is 32.0 Å². The van der Waals surface area contributed by atoms with Crippen LogP contribution in [0.2, 0.25) is 0 Å². The van der Waals surface area contributed by atoms with Crippen molar-refractivity contribution in [3.8, 4) is 0 Å². The molecule has 2 aliphatic heterocycles. The zero-order chi connectivity index (χ0) is 14.3. The number of nitrogens with one attached hydrogen (secondary N) is 1. The minimum atomic E-state index is -1.19. The number of ether oxygens (including phenoxy) is 1. The SMILES string of the molecule is Cc1ccccc1NC(=O)[C@@H]1[C@@H](C(=O)[O-])[C@@H]2CC[C@H]1O2. The van der Waals surface area contributed by atoms with E-state index in [0.29, 0.717) is 12.1 Å². The van der Waals surface area contributed by atoms with Gasteiger partial charge in [-0.25, -0.2) is 0 Å². The third-order valence-corrected chi connectivity index (χ3v) is 4.25. The monoisotopic (exact) mass is 274 g/mol. The summed E-state index contributed by atoms with van der Waals surface area (Å²) in [5.41, 5.74) is 1.65. The lowest BCUT2D eigenvalue weighted by Gasteiger charge is -2.27. The Kier molecular flexibility index (Phi) is 3.22. The predicted octanol–water partition coefficient (Wildman–Crippen LogP) is 0.477. The van der Waals surface area contributed by atoms with Gasteiger partial charge in [0.15, 0.2) is 0 Å². The van der Waals surface area contributed by atoms with Gasteiger partial charge < -0.3 is 20.0 Å². The van der Waals surface area contributed by atoms with Crippen LogP contribution in [0.1, 0.15) is 18.4 Å². The molecule has 1 aromatic carbocycles. The molecule has 20 heavy (non-hydrogen) atoms. The molecule has 5 heteroatoms. The smallest absolute Gasteiger partial charge is 0.230 e. The van der Waals surface area contributed by atoms with Crippen LogP contribution in [0.4, 0.5) is 5.69 Å². The van der Waals surface area contributed by atoms with Gasteiger partial charge in [-0.1, -0.05) is 18.2 Å². The average Bonchev–Trinajstić information content (AvgIpc) is 3.01. The lowest BCUT2D eigenvalue weighted by molar-refractivity contribution is -0.313. The van der Waals surface area contributed by atoms with E-state index in [4.69, 9.17) is 4.74 Å². The third-order valence-electron chi connectivity index (χ3n) is 4.25. The zero-order valence-electron chi connectivity index (χ0n) is 11.2. The Morgan fingerprint density at radius 3 is 2.50 bits per heavy atom. The molecule has 5 nitrogen and oxygen atoms in total. The van der Waals surface area contributed by atoms with Crippen molar-refractivity contribution in [1.29, 1.82) is 0 Å². The van der Waals surface area contributed by atoms with Crippen LogP contribution in [-0.4, -0.2) is 24.1 Å². The van der Waals surface area contributed by atoms with Crippen molar-refractivity contribution in [1.82, 2.24) is 0 Å². The molecule has 2 saturated heterocycles. The van der Waals surface area contributed by atoms with E-state index >= 15 is 0 Å². The number of rotatable bonds is 3. The van der Waals surface area contributed by atoms with Crippen LogP contribution in [-0.2, 0) is 14.3 Å². The average molecular weight is 274 g/mol. The third kappa shape index (κ3) is 2.08. The van der Waals surface area contributed by atoms with Gasteiger partial charge in [0.2, 0.25) is 5.91 Å². The van der Waals surface area contributed by atoms with Gasteiger partial charge in [-0.3, -0.25) is 4.79 Å².